The van der Waals surface area contributed by atoms with Gasteiger partial charge in [-0.05, 0) is 30.2 Å². The van der Waals surface area contributed by atoms with Gasteiger partial charge in [-0.15, -0.1) is 0 Å². The van der Waals surface area contributed by atoms with Crippen molar-refractivity contribution in [1.82, 2.24) is 5.32 Å². The number of hydrogen-bond acceptors (Lipinski definition) is 4. The van der Waals surface area contributed by atoms with E-state index in [0.29, 0.717) is 11.4 Å². The number of aryl methyl sites for hydroxylation is 1. The molecule has 1 fully saturated rings. The molecule has 1 heterocycles. The third-order valence-electron chi connectivity index (χ3n) is 5.13. The summed E-state index contributed by atoms with van der Waals surface area (Å²) in [6.07, 6.45) is -0.162. The van der Waals surface area contributed by atoms with Crippen molar-refractivity contribution in [3.05, 3.63) is 59.7 Å². The van der Waals surface area contributed by atoms with Crippen molar-refractivity contribution < 1.29 is 24.2 Å². The Balaban J connectivity index is 1.76. The van der Waals surface area contributed by atoms with E-state index in [-0.39, 0.29) is 31.2 Å². The van der Waals surface area contributed by atoms with Gasteiger partial charge >= 0.3 is 5.97 Å². The normalized spacial score (nSPS) is 17.1. The number of aliphatic carboxylic acids is 1. The highest BCUT2D eigenvalue weighted by Gasteiger charge is 2.37. The Labute approximate surface area is 169 Å². The predicted octanol–water partition coefficient (Wildman–Crippen LogP) is 2.69. The number of methoxy groups -OCH3 is 1. The Morgan fingerprint density at radius 3 is 2.59 bits per heavy atom. The summed E-state index contributed by atoms with van der Waals surface area (Å²) in [6.45, 7) is 2.09. The second-order valence-corrected chi connectivity index (χ2v) is 7.09. The predicted molar refractivity (Wildman–Crippen MR) is 108 cm³/mol. The van der Waals surface area contributed by atoms with Gasteiger partial charge in [0.15, 0.2) is 0 Å². The van der Waals surface area contributed by atoms with Crippen molar-refractivity contribution in [2.75, 3.05) is 18.6 Å². The fourth-order valence-corrected chi connectivity index (χ4v) is 3.65. The Bertz CT molecular complexity index is 927. The van der Waals surface area contributed by atoms with Crippen molar-refractivity contribution in [1.29, 1.82) is 0 Å². The lowest BCUT2D eigenvalue weighted by Crippen LogP contribution is -2.36. The van der Waals surface area contributed by atoms with Crippen LogP contribution >= 0.6 is 0 Å². The quantitative estimate of drug-likeness (QED) is 0.750. The standard InChI is InChI=1S/C22H24N2O5/c1-14-7-3-4-8-16(14)17(12-21(26)27)23-22(28)15-11-20(25)24(13-15)18-9-5-6-10-19(18)29-2/h3-10,15,17H,11-13H2,1-2H3,(H,23,28)(H,26,27). The van der Waals surface area contributed by atoms with Crippen LogP contribution in [0.2, 0.25) is 0 Å². The molecule has 29 heavy (non-hydrogen) atoms. The summed E-state index contributed by atoms with van der Waals surface area (Å²) in [5.74, 6) is -1.50. The van der Waals surface area contributed by atoms with Crippen LogP contribution in [0.15, 0.2) is 48.5 Å². The summed E-state index contributed by atoms with van der Waals surface area (Å²) in [7, 11) is 1.53. The first-order chi connectivity index (χ1) is 13.9. The van der Waals surface area contributed by atoms with Crippen molar-refractivity contribution in [3.63, 3.8) is 0 Å². The molecule has 2 unspecified atom stereocenters. The molecule has 2 aromatic rings. The van der Waals surface area contributed by atoms with Crippen molar-refractivity contribution in [2.45, 2.75) is 25.8 Å². The lowest BCUT2D eigenvalue weighted by atomic mass is 9.97. The van der Waals surface area contributed by atoms with Gasteiger partial charge in [-0.1, -0.05) is 36.4 Å². The topological polar surface area (TPSA) is 95.9 Å². The minimum absolute atomic E-state index is 0.0669. The van der Waals surface area contributed by atoms with Gasteiger partial charge in [-0.3, -0.25) is 14.4 Å². The summed E-state index contributed by atoms with van der Waals surface area (Å²) in [4.78, 5) is 38.3. The average molecular weight is 396 g/mol. The summed E-state index contributed by atoms with van der Waals surface area (Å²) in [5, 5.41) is 12.1. The number of benzene rings is 2. The molecule has 2 N–H and O–H groups in total. The van der Waals surface area contributed by atoms with Crippen molar-refractivity contribution in [2.24, 2.45) is 5.92 Å². The first-order valence-corrected chi connectivity index (χ1v) is 9.41. The van der Waals surface area contributed by atoms with Gasteiger partial charge in [-0.25, -0.2) is 0 Å². The molecule has 0 aromatic heterocycles. The number of nitrogens with one attached hydrogen (secondary N) is 1. The Kier molecular flexibility index (Phi) is 6.16. The second-order valence-electron chi connectivity index (χ2n) is 7.09. The maximum atomic E-state index is 12.9. The summed E-state index contributed by atoms with van der Waals surface area (Å²) in [6, 6.07) is 13.9. The maximum Gasteiger partial charge on any atom is 0.305 e. The van der Waals surface area contributed by atoms with Crippen LogP contribution in [0.25, 0.3) is 0 Å². The van der Waals surface area contributed by atoms with E-state index < -0.39 is 17.9 Å². The van der Waals surface area contributed by atoms with E-state index in [1.165, 1.54) is 7.11 Å². The molecule has 1 aliphatic rings. The van der Waals surface area contributed by atoms with Crippen LogP contribution in [0.1, 0.15) is 30.0 Å². The monoisotopic (exact) mass is 396 g/mol. The molecule has 2 amide bonds. The van der Waals surface area contributed by atoms with Gasteiger partial charge in [0.2, 0.25) is 11.8 Å². The molecular formula is C22H24N2O5. The summed E-state index contributed by atoms with van der Waals surface area (Å²) >= 11 is 0. The number of hydrogen-bond donors (Lipinski definition) is 2. The molecule has 0 spiro atoms. The molecule has 3 rings (SSSR count). The van der Waals surface area contributed by atoms with Crippen LogP contribution in [0.4, 0.5) is 5.69 Å². The fourth-order valence-electron chi connectivity index (χ4n) is 3.65. The van der Waals surface area contributed by atoms with Crippen molar-refractivity contribution in [3.8, 4) is 5.75 Å². The van der Waals surface area contributed by atoms with Crippen molar-refractivity contribution >= 4 is 23.5 Å². The molecule has 1 aliphatic heterocycles. The number of rotatable bonds is 7. The van der Waals surface area contributed by atoms with E-state index in [2.05, 4.69) is 5.32 Å². The molecule has 7 nitrogen and oxygen atoms in total. The highest BCUT2D eigenvalue weighted by atomic mass is 16.5. The highest BCUT2D eigenvalue weighted by molar-refractivity contribution is 6.01. The molecule has 1 saturated heterocycles. The number of nitrogens with zero attached hydrogens (tertiary/aromatic N) is 1. The van der Waals surface area contributed by atoms with E-state index in [4.69, 9.17) is 4.74 Å². The van der Waals surface area contributed by atoms with Crippen LogP contribution < -0.4 is 15.0 Å². The van der Waals surface area contributed by atoms with E-state index in [0.717, 1.165) is 11.1 Å². The first kappa shape index (κ1) is 20.4. The van der Waals surface area contributed by atoms with Gasteiger partial charge in [0.1, 0.15) is 5.75 Å². The number of carbonyl (C=O) groups excluding carboxylic acids is 2. The second kappa shape index (κ2) is 8.77. The molecular weight excluding hydrogens is 372 g/mol. The number of anilines is 1. The zero-order chi connectivity index (χ0) is 21.0. The zero-order valence-electron chi connectivity index (χ0n) is 16.4. The minimum Gasteiger partial charge on any atom is -0.495 e. The Hall–Kier alpha value is -3.35. The van der Waals surface area contributed by atoms with E-state index >= 15 is 0 Å². The summed E-state index contributed by atoms with van der Waals surface area (Å²) < 4.78 is 5.32. The van der Waals surface area contributed by atoms with Gasteiger partial charge in [0.05, 0.1) is 31.2 Å². The molecule has 152 valence electrons. The SMILES string of the molecule is COc1ccccc1N1CC(C(=O)NC(CC(=O)O)c2ccccc2C)CC1=O. The lowest BCUT2D eigenvalue weighted by Gasteiger charge is -2.22. The number of carboxylic acid groups (broad SMARTS) is 1. The number of para-hydroxylation sites is 2. The smallest absolute Gasteiger partial charge is 0.305 e. The van der Waals surface area contributed by atoms with Crippen LogP contribution in [0.5, 0.6) is 5.75 Å². The molecule has 2 atom stereocenters. The maximum absolute atomic E-state index is 12.9. The molecule has 7 heteroatoms. The van der Waals surface area contributed by atoms with Crippen LogP contribution in [-0.2, 0) is 14.4 Å². The highest BCUT2D eigenvalue weighted by Crippen LogP contribution is 2.33. The number of carboxylic acids is 1. The van der Waals surface area contributed by atoms with Crippen LogP contribution in [0.3, 0.4) is 0 Å². The average Bonchev–Trinajstić information content (AvgIpc) is 3.09. The fraction of sp³-hybridized carbons (Fsp3) is 0.318. The molecule has 0 bridgehead atoms. The lowest BCUT2D eigenvalue weighted by molar-refractivity contribution is -0.138. The van der Waals surface area contributed by atoms with Gasteiger partial charge < -0.3 is 20.1 Å². The molecule has 0 saturated carbocycles. The first-order valence-electron chi connectivity index (χ1n) is 9.41. The third kappa shape index (κ3) is 4.56. The zero-order valence-corrected chi connectivity index (χ0v) is 16.4. The summed E-state index contributed by atoms with van der Waals surface area (Å²) in [5.41, 5.74) is 2.28. The molecule has 0 radical (unpaired) electrons. The molecule has 2 aromatic carbocycles. The van der Waals surface area contributed by atoms with Gasteiger partial charge in [0.25, 0.3) is 0 Å². The number of ether oxygens (including phenoxy) is 1. The van der Waals surface area contributed by atoms with E-state index in [9.17, 15) is 19.5 Å². The third-order valence-corrected chi connectivity index (χ3v) is 5.13. The van der Waals surface area contributed by atoms with Gasteiger partial charge in [-0.2, -0.15) is 0 Å². The minimum atomic E-state index is -1.00. The number of amides is 2. The van der Waals surface area contributed by atoms with E-state index in [1.54, 1.807) is 23.1 Å². The van der Waals surface area contributed by atoms with Crippen LogP contribution in [-0.4, -0.2) is 36.5 Å². The molecule has 0 aliphatic carbocycles. The van der Waals surface area contributed by atoms with E-state index in [1.807, 2.05) is 37.3 Å². The van der Waals surface area contributed by atoms with Crippen LogP contribution in [0, 0.1) is 12.8 Å². The van der Waals surface area contributed by atoms with Gasteiger partial charge in [0, 0.05) is 13.0 Å². The Morgan fingerprint density at radius 2 is 1.90 bits per heavy atom. The number of carbonyl (C=O) groups is 3. The largest absolute Gasteiger partial charge is 0.495 e. The Morgan fingerprint density at radius 1 is 1.21 bits per heavy atom.